The van der Waals surface area contributed by atoms with E-state index in [1.807, 2.05) is 36.4 Å². The molecule has 1 aliphatic rings. The molecule has 0 radical (unpaired) electrons. The van der Waals surface area contributed by atoms with Gasteiger partial charge in [-0.3, -0.25) is 14.6 Å². The number of amides is 1. The Morgan fingerprint density at radius 2 is 1.77 bits per heavy atom. The van der Waals surface area contributed by atoms with Gasteiger partial charge in [0.25, 0.3) is 0 Å². The minimum atomic E-state index is -0.821. The molecular weight excluding hydrogens is 444 g/mol. The van der Waals surface area contributed by atoms with E-state index in [4.69, 9.17) is 20.2 Å². The standard InChI is InChI=1S/C28H30N2O5/c1-18(31)35-28(14-4-3-5-15-28)21-9-6-8-19(16-21)22-10-7-11-23(30-22)26(27(29)33)20-12-13-24(32)25(17-20)34-2/h6-13,16-17,26,32H,3-5,14-15H2,1-2H3,(H2,29,33). The molecular formula is C28H30N2O5. The lowest BCUT2D eigenvalue weighted by Crippen LogP contribution is -2.34. The third kappa shape index (κ3) is 5.14. The zero-order valence-corrected chi connectivity index (χ0v) is 20.0. The lowest BCUT2D eigenvalue weighted by Gasteiger charge is -2.37. The Bertz CT molecular complexity index is 1230. The first-order valence-electron chi connectivity index (χ1n) is 11.8. The number of methoxy groups -OCH3 is 1. The number of carbonyl (C=O) groups excluding carboxylic acids is 2. The highest BCUT2D eigenvalue weighted by molar-refractivity contribution is 5.85. The summed E-state index contributed by atoms with van der Waals surface area (Å²) < 4.78 is 11.1. The van der Waals surface area contributed by atoms with Crippen molar-refractivity contribution in [2.45, 2.75) is 50.5 Å². The molecule has 1 unspecified atom stereocenters. The molecule has 1 fully saturated rings. The van der Waals surface area contributed by atoms with Gasteiger partial charge in [-0.15, -0.1) is 0 Å². The van der Waals surface area contributed by atoms with Crippen LogP contribution in [0.4, 0.5) is 0 Å². The second kappa shape index (κ2) is 10.2. The maximum absolute atomic E-state index is 12.5. The van der Waals surface area contributed by atoms with Crippen LogP contribution in [-0.4, -0.2) is 29.1 Å². The van der Waals surface area contributed by atoms with Crippen molar-refractivity contribution in [2.75, 3.05) is 7.11 Å². The predicted octanol–water partition coefficient (Wildman–Crippen LogP) is 4.80. The molecule has 3 aromatic rings. The Hall–Kier alpha value is -3.87. The molecule has 1 saturated carbocycles. The summed E-state index contributed by atoms with van der Waals surface area (Å²) in [6.45, 7) is 1.45. The molecule has 2 aromatic carbocycles. The summed E-state index contributed by atoms with van der Waals surface area (Å²) in [6, 6.07) is 18.1. The van der Waals surface area contributed by atoms with Crippen molar-refractivity contribution in [1.82, 2.24) is 4.98 Å². The van der Waals surface area contributed by atoms with Crippen LogP contribution in [0, 0.1) is 0 Å². The molecule has 0 aliphatic heterocycles. The number of rotatable bonds is 7. The number of phenols is 1. The van der Waals surface area contributed by atoms with Crippen molar-refractivity contribution in [3.63, 3.8) is 0 Å². The fraction of sp³-hybridized carbons (Fsp3) is 0.321. The number of esters is 1. The first kappa shape index (κ1) is 24.3. The van der Waals surface area contributed by atoms with Gasteiger partial charge in [-0.25, -0.2) is 0 Å². The van der Waals surface area contributed by atoms with Gasteiger partial charge in [0.2, 0.25) is 5.91 Å². The van der Waals surface area contributed by atoms with Crippen LogP contribution in [0.5, 0.6) is 11.5 Å². The molecule has 0 saturated heterocycles. The number of nitrogens with zero attached hydrogens (tertiary/aromatic N) is 1. The summed E-state index contributed by atoms with van der Waals surface area (Å²) in [4.78, 5) is 29.2. The molecule has 0 spiro atoms. The number of primary amides is 1. The van der Waals surface area contributed by atoms with E-state index in [2.05, 4.69) is 0 Å². The van der Waals surface area contributed by atoms with Crippen molar-refractivity contribution in [1.29, 1.82) is 0 Å². The summed E-state index contributed by atoms with van der Waals surface area (Å²) in [5.74, 6) is -1.44. The fourth-order valence-electron chi connectivity index (χ4n) is 4.94. The Morgan fingerprint density at radius 1 is 1.03 bits per heavy atom. The van der Waals surface area contributed by atoms with Gasteiger partial charge in [-0.2, -0.15) is 0 Å². The zero-order chi connectivity index (χ0) is 25.0. The minimum Gasteiger partial charge on any atom is -0.504 e. The number of hydrogen-bond acceptors (Lipinski definition) is 6. The van der Waals surface area contributed by atoms with E-state index in [1.165, 1.54) is 20.1 Å². The maximum Gasteiger partial charge on any atom is 0.303 e. The maximum atomic E-state index is 12.5. The molecule has 3 N–H and O–H groups in total. The van der Waals surface area contributed by atoms with Crippen LogP contribution in [-0.2, 0) is 19.9 Å². The van der Waals surface area contributed by atoms with E-state index in [9.17, 15) is 14.7 Å². The second-order valence-corrected chi connectivity index (χ2v) is 8.94. The molecule has 1 atom stereocenters. The van der Waals surface area contributed by atoms with E-state index in [1.54, 1.807) is 18.2 Å². The van der Waals surface area contributed by atoms with Crippen LogP contribution in [0.2, 0.25) is 0 Å². The largest absolute Gasteiger partial charge is 0.504 e. The van der Waals surface area contributed by atoms with Crippen LogP contribution >= 0.6 is 0 Å². The van der Waals surface area contributed by atoms with Crippen molar-refractivity contribution in [3.8, 4) is 22.8 Å². The lowest BCUT2D eigenvalue weighted by atomic mass is 9.79. The zero-order valence-electron chi connectivity index (χ0n) is 20.0. The molecule has 1 heterocycles. The first-order chi connectivity index (χ1) is 16.8. The first-order valence-corrected chi connectivity index (χ1v) is 11.8. The summed E-state index contributed by atoms with van der Waals surface area (Å²) in [5, 5.41) is 9.94. The van der Waals surface area contributed by atoms with Crippen LogP contribution in [0.1, 0.15) is 61.8 Å². The Morgan fingerprint density at radius 3 is 2.46 bits per heavy atom. The van der Waals surface area contributed by atoms with E-state index in [0.29, 0.717) is 17.0 Å². The van der Waals surface area contributed by atoms with Gasteiger partial charge in [-0.05, 0) is 67.1 Å². The smallest absolute Gasteiger partial charge is 0.303 e. The van der Waals surface area contributed by atoms with Crippen molar-refractivity contribution in [3.05, 3.63) is 77.5 Å². The predicted molar refractivity (Wildman–Crippen MR) is 132 cm³/mol. The second-order valence-electron chi connectivity index (χ2n) is 8.94. The number of carbonyl (C=O) groups is 2. The molecule has 7 heteroatoms. The Kier molecular flexibility index (Phi) is 7.05. The van der Waals surface area contributed by atoms with Gasteiger partial charge >= 0.3 is 5.97 Å². The van der Waals surface area contributed by atoms with E-state index in [0.717, 1.165) is 43.2 Å². The number of ether oxygens (including phenoxy) is 2. The molecule has 35 heavy (non-hydrogen) atoms. The number of aromatic nitrogens is 1. The molecule has 7 nitrogen and oxygen atoms in total. The number of phenolic OH excluding ortho intramolecular Hbond substituents is 1. The van der Waals surface area contributed by atoms with Gasteiger partial charge in [0.05, 0.1) is 18.5 Å². The normalized spacial score (nSPS) is 15.7. The van der Waals surface area contributed by atoms with E-state index in [-0.39, 0.29) is 17.5 Å². The third-order valence-electron chi connectivity index (χ3n) is 6.57. The summed E-state index contributed by atoms with van der Waals surface area (Å²) in [5.41, 5.74) is 8.68. The number of pyridine rings is 1. The van der Waals surface area contributed by atoms with Crippen molar-refractivity contribution < 1.29 is 24.2 Å². The molecule has 4 rings (SSSR count). The highest BCUT2D eigenvalue weighted by Gasteiger charge is 2.37. The number of hydrogen-bond donors (Lipinski definition) is 2. The van der Waals surface area contributed by atoms with Crippen LogP contribution in [0.25, 0.3) is 11.3 Å². The Labute approximate surface area is 204 Å². The molecule has 0 bridgehead atoms. The molecule has 182 valence electrons. The lowest BCUT2D eigenvalue weighted by molar-refractivity contribution is -0.162. The van der Waals surface area contributed by atoms with Gasteiger partial charge < -0.3 is 20.3 Å². The van der Waals surface area contributed by atoms with Crippen molar-refractivity contribution >= 4 is 11.9 Å². The average molecular weight is 475 g/mol. The summed E-state index contributed by atoms with van der Waals surface area (Å²) in [6.07, 6.45) is 4.71. The third-order valence-corrected chi connectivity index (χ3v) is 6.57. The van der Waals surface area contributed by atoms with Crippen LogP contribution in [0.3, 0.4) is 0 Å². The molecule has 1 aliphatic carbocycles. The highest BCUT2D eigenvalue weighted by Crippen LogP contribution is 2.42. The average Bonchev–Trinajstić information content (AvgIpc) is 2.85. The van der Waals surface area contributed by atoms with E-state index >= 15 is 0 Å². The monoisotopic (exact) mass is 474 g/mol. The fourth-order valence-corrected chi connectivity index (χ4v) is 4.94. The molecule has 1 amide bonds. The van der Waals surface area contributed by atoms with Gasteiger partial charge in [0.1, 0.15) is 11.5 Å². The highest BCUT2D eigenvalue weighted by atomic mass is 16.6. The van der Waals surface area contributed by atoms with E-state index < -0.39 is 17.4 Å². The van der Waals surface area contributed by atoms with Gasteiger partial charge in [0, 0.05) is 12.5 Å². The summed E-state index contributed by atoms with van der Waals surface area (Å²) >= 11 is 0. The van der Waals surface area contributed by atoms with Crippen molar-refractivity contribution in [2.24, 2.45) is 5.73 Å². The minimum absolute atomic E-state index is 0.0255. The Balaban J connectivity index is 1.73. The van der Waals surface area contributed by atoms with Crippen LogP contribution in [0.15, 0.2) is 60.7 Å². The van der Waals surface area contributed by atoms with Gasteiger partial charge in [0.15, 0.2) is 11.5 Å². The quantitative estimate of drug-likeness (QED) is 0.476. The SMILES string of the molecule is COc1cc(C(C(N)=O)c2cccc(-c3cccc(C4(OC(C)=O)CCCCC4)c3)n2)ccc1O. The molecule has 1 aromatic heterocycles. The van der Waals surface area contributed by atoms with Crippen LogP contribution < -0.4 is 10.5 Å². The number of benzene rings is 2. The summed E-state index contributed by atoms with van der Waals surface area (Å²) in [7, 11) is 1.44. The number of nitrogens with two attached hydrogens (primary N) is 1. The van der Waals surface area contributed by atoms with Gasteiger partial charge in [-0.1, -0.05) is 36.8 Å². The number of aromatic hydroxyl groups is 1. The topological polar surface area (TPSA) is 112 Å².